The number of carbonyl (C=O) groups is 2. The summed E-state index contributed by atoms with van der Waals surface area (Å²) in [5.41, 5.74) is 8.03. The van der Waals surface area contributed by atoms with Gasteiger partial charge in [0.1, 0.15) is 0 Å². The van der Waals surface area contributed by atoms with E-state index in [1.54, 1.807) is 31.2 Å². The number of rotatable bonds is 5. The van der Waals surface area contributed by atoms with Gasteiger partial charge in [0.05, 0.1) is 17.5 Å². The van der Waals surface area contributed by atoms with Crippen molar-refractivity contribution in [1.29, 1.82) is 0 Å². The highest BCUT2D eigenvalue weighted by Crippen LogP contribution is 2.22. The Labute approximate surface area is 160 Å². The number of aromatic nitrogens is 4. The molecule has 28 heavy (non-hydrogen) atoms. The number of carbonyl (C=O) groups excluding carboxylic acids is 2. The number of benzene rings is 1. The summed E-state index contributed by atoms with van der Waals surface area (Å²) in [5, 5.41) is 10.9. The zero-order chi connectivity index (χ0) is 19.7. The Morgan fingerprint density at radius 2 is 2.11 bits per heavy atom. The molecule has 0 radical (unpaired) electrons. The van der Waals surface area contributed by atoms with Crippen molar-refractivity contribution in [3.8, 4) is 11.5 Å². The summed E-state index contributed by atoms with van der Waals surface area (Å²) in [5.74, 6) is 0.593. The summed E-state index contributed by atoms with van der Waals surface area (Å²) in [4.78, 5) is 28.1. The van der Waals surface area contributed by atoms with Crippen LogP contribution in [-0.4, -0.2) is 38.3 Å². The van der Waals surface area contributed by atoms with Gasteiger partial charge in [0, 0.05) is 24.2 Å². The maximum atomic E-state index is 12.5. The molecule has 1 aliphatic rings. The lowest BCUT2D eigenvalue weighted by Gasteiger charge is -2.24. The van der Waals surface area contributed by atoms with Gasteiger partial charge in [-0.2, -0.15) is 10.1 Å². The predicted octanol–water partition coefficient (Wildman–Crippen LogP) is 1.33. The molecule has 0 unspecified atom stereocenters. The van der Waals surface area contributed by atoms with Gasteiger partial charge >= 0.3 is 0 Å². The van der Waals surface area contributed by atoms with Gasteiger partial charge in [-0.1, -0.05) is 5.16 Å². The topological polar surface area (TPSA) is 129 Å². The molecule has 3 N–H and O–H groups in total. The number of aryl methyl sites for hydroxylation is 2. The molecule has 3 heterocycles. The number of fused-ring (bicyclic) bond motifs is 1. The van der Waals surface area contributed by atoms with E-state index < -0.39 is 5.91 Å². The summed E-state index contributed by atoms with van der Waals surface area (Å²) in [7, 11) is 0. The third-order valence-electron chi connectivity index (χ3n) is 4.92. The number of nitrogens with one attached hydrogen (secondary N) is 1. The molecule has 0 saturated carbocycles. The Bertz CT molecular complexity index is 1020. The molecule has 9 heteroatoms. The molecule has 0 spiro atoms. The Balaban J connectivity index is 1.37. The van der Waals surface area contributed by atoms with Crippen LogP contribution in [-0.2, 0) is 13.0 Å². The van der Waals surface area contributed by atoms with E-state index in [1.165, 1.54) is 6.20 Å². The molecule has 1 aliphatic heterocycles. The van der Waals surface area contributed by atoms with Crippen LogP contribution in [0.1, 0.15) is 38.7 Å². The summed E-state index contributed by atoms with van der Waals surface area (Å²) < 4.78 is 6.94. The largest absolute Gasteiger partial charge is 0.365 e. The third-order valence-corrected chi connectivity index (χ3v) is 4.92. The lowest BCUT2D eigenvalue weighted by molar-refractivity contribution is 0.0941. The van der Waals surface area contributed by atoms with Crippen LogP contribution in [0.2, 0.25) is 0 Å². The third kappa shape index (κ3) is 3.51. The maximum Gasteiger partial charge on any atom is 0.257 e. The van der Waals surface area contributed by atoms with Gasteiger partial charge in [0.15, 0.2) is 5.82 Å². The van der Waals surface area contributed by atoms with E-state index in [4.69, 9.17) is 10.3 Å². The average molecular weight is 380 g/mol. The maximum absolute atomic E-state index is 12.5. The molecule has 1 atom stereocenters. The minimum absolute atomic E-state index is 0.150. The van der Waals surface area contributed by atoms with Crippen molar-refractivity contribution in [2.75, 3.05) is 6.54 Å². The van der Waals surface area contributed by atoms with E-state index in [0.29, 0.717) is 42.4 Å². The molecule has 2 aromatic heterocycles. The zero-order valence-corrected chi connectivity index (χ0v) is 15.4. The first kappa shape index (κ1) is 17.9. The summed E-state index contributed by atoms with van der Waals surface area (Å²) in [6.07, 6.45) is 3.06. The summed E-state index contributed by atoms with van der Waals surface area (Å²) in [6.45, 7) is 2.98. The van der Waals surface area contributed by atoms with Gasteiger partial charge in [0.2, 0.25) is 0 Å². The Hall–Kier alpha value is -3.49. The number of nitrogens with two attached hydrogens (primary N) is 1. The van der Waals surface area contributed by atoms with Crippen LogP contribution in [0.4, 0.5) is 0 Å². The Morgan fingerprint density at radius 1 is 1.32 bits per heavy atom. The second-order valence-corrected chi connectivity index (χ2v) is 6.89. The van der Waals surface area contributed by atoms with Gasteiger partial charge in [-0.15, -0.1) is 0 Å². The van der Waals surface area contributed by atoms with E-state index in [-0.39, 0.29) is 11.8 Å². The average Bonchev–Trinajstić information content (AvgIpc) is 3.32. The molecule has 144 valence electrons. The molecule has 3 aromatic rings. The molecule has 2 amide bonds. The van der Waals surface area contributed by atoms with Gasteiger partial charge in [-0.25, -0.2) is 0 Å². The molecular weight excluding hydrogens is 360 g/mol. The highest BCUT2D eigenvalue weighted by atomic mass is 16.5. The van der Waals surface area contributed by atoms with Crippen LogP contribution >= 0.6 is 0 Å². The van der Waals surface area contributed by atoms with E-state index in [1.807, 2.05) is 4.68 Å². The monoisotopic (exact) mass is 380 g/mol. The number of amides is 2. The van der Waals surface area contributed by atoms with Crippen LogP contribution in [0, 0.1) is 12.8 Å². The molecule has 0 fully saturated rings. The van der Waals surface area contributed by atoms with Crippen molar-refractivity contribution in [3.05, 3.63) is 53.1 Å². The van der Waals surface area contributed by atoms with Crippen molar-refractivity contribution in [1.82, 2.24) is 25.2 Å². The highest BCUT2D eigenvalue weighted by Gasteiger charge is 2.24. The molecule has 0 saturated heterocycles. The normalized spacial score (nSPS) is 15.8. The molecule has 0 bridgehead atoms. The fraction of sp³-hybridized carbons (Fsp3) is 0.316. The van der Waals surface area contributed by atoms with Gasteiger partial charge in [-0.3, -0.25) is 14.3 Å². The van der Waals surface area contributed by atoms with Crippen LogP contribution in [0.25, 0.3) is 11.5 Å². The first-order valence-corrected chi connectivity index (χ1v) is 9.04. The number of hydrogen-bond acceptors (Lipinski definition) is 6. The summed E-state index contributed by atoms with van der Waals surface area (Å²) in [6, 6.07) is 7.01. The molecule has 9 nitrogen and oxygen atoms in total. The molecule has 1 aromatic carbocycles. The lowest BCUT2D eigenvalue weighted by atomic mass is 9.94. The number of hydrogen-bond donors (Lipinski definition) is 2. The van der Waals surface area contributed by atoms with E-state index in [9.17, 15) is 9.59 Å². The highest BCUT2D eigenvalue weighted by molar-refractivity contribution is 5.94. The first-order chi connectivity index (χ1) is 13.5. The standard InChI is InChI=1S/C19H20N6O3/c1-11-23-19(28-24-11)14-4-2-13(3-5-14)18(27)21-9-12-6-7-25-16(8-12)15(10-22-25)17(20)26/h2-5,10,12H,6-9H2,1H3,(H2,20,26)(H,21,27)/t12-/m0/s1. The quantitative estimate of drug-likeness (QED) is 0.687. The van der Waals surface area contributed by atoms with E-state index >= 15 is 0 Å². The first-order valence-electron chi connectivity index (χ1n) is 9.04. The van der Waals surface area contributed by atoms with Crippen LogP contribution in [0.3, 0.4) is 0 Å². The minimum atomic E-state index is -0.470. The molecule has 0 aliphatic carbocycles. The number of nitrogens with zero attached hydrogens (tertiary/aromatic N) is 4. The second kappa shape index (κ2) is 7.26. The number of primary amides is 1. The van der Waals surface area contributed by atoms with E-state index in [0.717, 1.165) is 17.7 Å². The van der Waals surface area contributed by atoms with Crippen molar-refractivity contribution in [2.45, 2.75) is 26.3 Å². The van der Waals surface area contributed by atoms with Crippen molar-refractivity contribution < 1.29 is 14.1 Å². The SMILES string of the molecule is Cc1noc(-c2ccc(C(=O)NC[C@H]3CCn4ncc(C(N)=O)c4C3)cc2)n1. The van der Waals surface area contributed by atoms with Gasteiger partial charge in [-0.05, 0) is 49.9 Å². The van der Waals surface area contributed by atoms with Crippen molar-refractivity contribution in [2.24, 2.45) is 11.7 Å². The predicted molar refractivity (Wildman–Crippen MR) is 99.4 cm³/mol. The van der Waals surface area contributed by atoms with E-state index in [2.05, 4.69) is 20.6 Å². The van der Waals surface area contributed by atoms with Crippen LogP contribution in [0.5, 0.6) is 0 Å². The van der Waals surface area contributed by atoms with Crippen LogP contribution < -0.4 is 11.1 Å². The lowest BCUT2D eigenvalue weighted by Crippen LogP contribution is -2.33. The molecular formula is C19H20N6O3. The van der Waals surface area contributed by atoms with Crippen molar-refractivity contribution in [3.63, 3.8) is 0 Å². The smallest absolute Gasteiger partial charge is 0.257 e. The summed E-state index contributed by atoms with van der Waals surface area (Å²) >= 11 is 0. The van der Waals surface area contributed by atoms with Crippen LogP contribution in [0.15, 0.2) is 35.0 Å². The Kier molecular flexibility index (Phi) is 4.64. The molecule has 4 rings (SSSR count). The zero-order valence-electron chi connectivity index (χ0n) is 15.4. The van der Waals surface area contributed by atoms with Crippen molar-refractivity contribution >= 4 is 11.8 Å². The van der Waals surface area contributed by atoms with Gasteiger partial charge in [0.25, 0.3) is 17.7 Å². The minimum Gasteiger partial charge on any atom is -0.365 e. The second-order valence-electron chi connectivity index (χ2n) is 6.89. The fourth-order valence-corrected chi connectivity index (χ4v) is 3.40. The van der Waals surface area contributed by atoms with Gasteiger partial charge < -0.3 is 15.6 Å². The fourth-order valence-electron chi connectivity index (χ4n) is 3.40. The Morgan fingerprint density at radius 3 is 2.79 bits per heavy atom.